The van der Waals surface area contributed by atoms with Crippen LogP contribution in [0.25, 0.3) is 10.8 Å². The Morgan fingerprint density at radius 3 is 2.56 bits per heavy atom. The summed E-state index contributed by atoms with van der Waals surface area (Å²) >= 11 is 0. The Kier molecular flexibility index (Phi) is 5.16. The van der Waals surface area contributed by atoms with E-state index >= 15 is 0 Å². The van der Waals surface area contributed by atoms with Crippen molar-refractivity contribution in [1.82, 2.24) is 10.2 Å². The van der Waals surface area contributed by atoms with E-state index in [9.17, 15) is 14.4 Å². The third-order valence-electron chi connectivity index (χ3n) is 4.42. The molecule has 3 rings (SSSR count). The van der Waals surface area contributed by atoms with Gasteiger partial charge >= 0.3 is 5.97 Å². The molecule has 1 atom stereocenters. The average molecular weight is 364 g/mol. The molecule has 3 aromatic rings. The number of nitrogens with zero attached hydrogens (tertiary/aromatic N) is 1. The van der Waals surface area contributed by atoms with E-state index in [0.717, 1.165) is 11.1 Å². The first-order valence-electron chi connectivity index (χ1n) is 8.64. The van der Waals surface area contributed by atoms with E-state index in [-0.39, 0.29) is 17.8 Å². The molecule has 0 radical (unpaired) electrons. The van der Waals surface area contributed by atoms with Crippen LogP contribution in [0, 0.1) is 13.8 Å². The lowest BCUT2D eigenvalue weighted by Gasteiger charge is -2.14. The fourth-order valence-electron chi connectivity index (χ4n) is 2.96. The van der Waals surface area contributed by atoms with Crippen LogP contribution in [0.2, 0.25) is 0 Å². The van der Waals surface area contributed by atoms with Crippen LogP contribution in [-0.4, -0.2) is 28.1 Å². The molecule has 0 saturated carbocycles. The lowest BCUT2D eigenvalue weighted by Crippen LogP contribution is -2.26. The van der Waals surface area contributed by atoms with Crippen molar-refractivity contribution in [2.45, 2.75) is 33.3 Å². The summed E-state index contributed by atoms with van der Waals surface area (Å²) in [7, 11) is 0. The second-order valence-electron chi connectivity index (χ2n) is 6.54. The van der Waals surface area contributed by atoms with Gasteiger partial charge in [-0.15, -0.1) is 0 Å². The van der Waals surface area contributed by atoms with Gasteiger partial charge in [-0.3, -0.25) is 14.4 Å². The second-order valence-corrected chi connectivity index (χ2v) is 6.54. The monoisotopic (exact) mass is 364 g/mol. The van der Waals surface area contributed by atoms with Crippen LogP contribution in [0.5, 0.6) is 0 Å². The second kappa shape index (κ2) is 7.53. The van der Waals surface area contributed by atoms with Gasteiger partial charge in [-0.25, -0.2) is 5.10 Å². The predicted molar refractivity (Wildman–Crippen MR) is 102 cm³/mol. The van der Waals surface area contributed by atoms with E-state index in [0.29, 0.717) is 22.0 Å². The molecule has 27 heavy (non-hydrogen) atoms. The number of fused-ring (bicyclic) bond motifs is 1. The van der Waals surface area contributed by atoms with Gasteiger partial charge < -0.3 is 4.74 Å². The first-order chi connectivity index (χ1) is 12.9. The predicted octanol–water partition coefficient (Wildman–Crippen LogP) is 2.90. The quantitative estimate of drug-likeness (QED) is 0.555. The van der Waals surface area contributed by atoms with Gasteiger partial charge in [0.2, 0.25) is 5.78 Å². The van der Waals surface area contributed by atoms with Crippen molar-refractivity contribution < 1.29 is 14.3 Å². The molecular formula is C21H20N2O4. The molecule has 138 valence electrons. The number of aromatic nitrogens is 2. The first kappa shape index (κ1) is 18.5. The molecule has 0 aliphatic carbocycles. The fourth-order valence-corrected chi connectivity index (χ4v) is 2.96. The third-order valence-corrected chi connectivity index (χ3v) is 4.42. The van der Waals surface area contributed by atoms with Crippen molar-refractivity contribution >= 4 is 22.5 Å². The van der Waals surface area contributed by atoms with Gasteiger partial charge in [0.1, 0.15) is 0 Å². The van der Waals surface area contributed by atoms with E-state index in [1.54, 1.807) is 37.3 Å². The highest BCUT2D eigenvalue weighted by Crippen LogP contribution is 2.16. The summed E-state index contributed by atoms with van der Waals surface area (Å²) in [4.78, 5) is 36.8. The maximum atomic E-state index is 12.6. The molecule has 1 aromatic heterocycles. The summed E-state index contributed by atoms with van der Waals surface area (Å²) in [5.74, 6) is -0.824. The Bertz CT molecular complexity index is 1080. The largest absolute Gasteiger partial charge is 0.454 e. The number of H-pyrrole nitrogens is 1. The Morgan fingerprint density at radius 2 is 1.81 bits per heavy atom. The number of aryl methyl sites for hydroxylation is 2. The highest BCUT2D eigenvalue weighted by atomic mass is 16.5. The minimum Gasteiger partial charge on any atom is -0.454 e. The van der Waals surface area contributed by atoms with Gasteiger partial charge in [0, 0.05) is 10.9 Å². The molecule has 0 unspecified atom stereocenters. The lowest BCUT2D eigenvalue weighted by atomic mass is 9.99. The van der Waals surface area contributed by atoms with Crippen molar-refractivity contribution in [3.8, 4) is 0 Å². The molecule has 0 spiro atoms. The topological polar surface area (TPSA) is 89.1 Å². The molecule has 6 nitrogen and oxygen atoms in total. The van der Waals surface area contributed by atoms with E-state index in [1.165, 1.54) is 0 Å². The summed E-state index contributed by atoms with van der Waals surface area (Å²) in [6.45, 7) is 5.30. The Morgan fingerprint density at radius 1 is 1.11 bits per heavy atom. The number of rotatable bonds is 5. The molecular weight excluding hydrogens is 344 g/mol. The van der Waals surface area contributed by atoms with Crippen LogP contribution in [0.15, 0.2) is 47.3 Å². The van der Waals surface area contributed by atoms with Gasteiger partial charge in [0.25, 0.3) is 5.56 Å². The van der Waals surface area contributed by atoms with Crippen LogP contribution in [-0.2, 0) is 16.0 Å². The molecule has 1 N–H and O–H groups in total. The molecule has 0 aliphatic rings. The number of carbonyl (C=O) groups is 2. The Labute approximate surface area is 156 Å². The van der Waals surface area contributed by atoms with Gasteiger partial charge in [0.05, 0.1) is 17.5 Å². The number of ether oxygens (including phenoxy) is 1. The minimum atomic E-state index is -0.910. The summed E-state index contributed by atoms with van der Waals surface area (Å²) in [5.41, 5.74) is 2.43. The van der Waals surface area contributed by atoms with Gasteiger partial charge in [-0.05, 0) is 38.5 Å². The Hall–Kier alpha value is -3.28. The first-order valence-corrected chi connectivity index (χ1v) is 8.64. The van der Waals surface area contributed by atoms with Crippen LogP contribution in [0.4, 0.5) is 0 Å². The number of aromatic amines is 1. The van der Waals surface area contributed by atoms with Crippen molar-refractivity contribution in [3.63, 3.8) is 0 Å². The zero-order valence-electron chi connectivity index (χ0n) is 15.4. The number of benzene rings is 2. The standard InChI is InChI=1S/C21H20N2O4/c1-12-8-9-13(2)17(10-12)20(25)14(3)27-19(24)11-18-15-6-4-5-7-16(15)21(26)23-22-18/h4-10,14H,11H2,1-3H3,(H,23,26)/t14-/m0/s1. The van der Waals surface area contributed by atoms with Crippen LogP contribution >= 0.6 is 0 Å². The number of nitrogens with one attached hydrogen (secondary N) is 1. The molecule has 0 saturated heterocycles. The maximum Gasteiger partial charge on any atom is 0.312 e. The van der Waals surface area contributed by atoms with Crippen LogP contribution < -0.4 is 5.56 Å². The smallest absolute Gasteiger partial charge is 0.312 e. The van der Waals surface area contributed by atoms with E-state index < -0.39 is 12.1 Å². The molecule has 0 aliphatic heterocycles. The van der Waals surface area contributed by atoms with E-state index in [2.05, 4.69) is 10.2 Å². The normalized spacial score (nSPS) is 12.0. The molecule has 1 heterocycles. The number of esters is 1. The summed E-state index contributed by atoms with van der Waals surface area (Å²) in [6, 6.07) is 12.5. The van der Waals surface area contributed by atoms with E-state index in [1.807, 2.05) is 26.0 Å². The zero-order chi connectivity index (χ0) is 19.6. The van der Waals surface area contributed by atoms with Crippen LogP contribution in [0.1, 0.15) is 34.1 Å². The van der Waals surface area contributed by atoms with Gasteiger partial charge in [-0.1, -0.05) is 35.9 Å². The maximum absolute atomic E-state index is 12.6. The zero-order valence-corrected chi connectivity index (χ0v) is 15.4. The summed E-state index contributed by atoms with van der Waals surface area (Å²) < 4.78 is 5.32. The van der Waals surface area contributed by atoms with E-state index in [4.69, 9.17) is 4.74 Å². The van der Waals surface area contributed by atoms with Gasteiger partial charge in [0.15, 0.2) is 6.10 Å². The summed E-state index contributed by atoms with van der Waals surface area (Å²) in [5, 5.41) is 7.39. The SMILES string of the molecule is Cc1ccc(C)c(C(=O)[C@H](C)OC(=O)Cc2n[nH]c(=O)c3ccccc23)c1. The molecule has 0 bridgehead atoms. The highest BCUT2D eigenvalue weighted by molar-refractivity contribution is 6.01. The number of hydrogen-bond acceptors (Lipinski definition) is 5. The number of Topliss-reactive ketones (excluding diaryl/α,β-unsaturated/α-hetero) is 1. The van der Waals surface area contributed by atoms with Crippen molar-refractivity contribution in [3.05, 3.63) is 75.2 Å². The van der Waals surface area contributed by atoms with Crippen molar-refractivity contribution in [2.24, 2.45) is 0 Å². The summed E-state index contributed by atoms with van der Waals surface area (Å²) in [6.07, 6.45) is -1.05. The lowest BCUT2D eigenvalue weighted by molar-refractivity contribution is -0.145. The average Bonchev–Trinajstić information content (AvgIpc) is 2.65. The molecule has 0 fully saturated rings. The molecule has 2 aromatic carbocycles. The third kappa shape index (κ3) is 3.95. The molecule has 6 heteroatoms. The Balaban J connectivity index is 1.76. The fraction of sp³-hybridized carbons (Fsp3) is 0.238. The molecule has 0 amide bonds. The number of hydrogen-bond donors (Lipinski definition) is 1. The highest BCUT2D eigenvalue weighted by Gasteiger charge is 2.22. The van der Waals surface area contributed by atoms with Crippen molar-refractivity contribution in [2.75, 3.05) is 0 Å². The van der Waals surface area contributed by atoms with Crippen molar-refractivity contribution in [1.29, 1.82) is 0 Å². The number of ketones is 1. The number of carbonyl (C=O) groups excluding carboxylic acids is 2. The van der Waals surface area contributed by atoms with Gasteiger partial charge in [-0.2, -0.15) is 5.10 Å². The van der Waals surface area contributed by atoms with Crippen LogP contribution in [0.3, 0.4) is 0 Å². The minimum absolute atomic E-state index is 0.137.